The highest BCUT2D eigenvalue weighted by Gasteiger charge is 2.06. The van der Waals surface area contributed by atoms with Crippen LogP contribution in [0.5, 0.6) is 0 Å². The van der Waals surface area contributed by atoms with Crippen molar-refractivity contribution in [3.05, 3.63) is 34.9 Å². The van der Waals surface area contributed by atoms with Crippen molar-refractivity contribution in [1.82, 2.24) is 0 Å². The van der Waals surface area contributed by atoms with Gasteiger partial charge in [-0.25, -0.2) is 0 Å². The quantitative estimate of drug-likeness (QED) is 0.378. The molecule has 0 aliphatic rings. The smallest absolute Gasteiger partial charge is 0.0406 e. The molecule has 0 aliphatic carbocycles. The minimum atomic E-state index is 0.478. The lowest BCUT2D eigenvalue weighted by molar-refractivity contribution is 0.588. The van der Waals surface area contributed by atoms with Crippen LogP contribution in [0.2, 0.25) is 5.02 Å². The van der Waals surface area contributed by atoms with Crippen molar-refractivity contribution in [1.29, 1.82) is 0 Å². The Morgan fingerprint density at radius 1 is 1.00 bits per heavy atom. The monoisotopic (exact) mass is 316 g/mol. The first-order chi connectivity index (χ1) is 8.24. The van der Waals surface area contributed by atoms with Crippen molar-refractivity contribution >= 4 is 27.5 Å². The number of alkyl halides is 1. The molecule has 0 nitrogen and oxygen atoms in total. The molecule has 0 aliphatic heterocycles. The van der Waals surface area contributed by atoms with Crippen LogP contribution < -0.4 is 0 Å². The molecule has 1 atom stereocenters. The Morgan fingerprint density at radius 3 is 2.24 bits per heavy atom. The molecule has 0 amide bonds. The fourth-order valence-corrected chi connectivity index (χ4v) is 2.70. The van der Waals surface area contributed by atoms with Crippen molar-refractivity contribution < 1.29 is 0 Å². The Morgan fingerprint density at radius 2 is 1.59 bits per heavy atom. The molecule has 0 bridgehead atoms. The molecule has 1 unspecified atom stereocenters. The molecule has 96 valence electrons. The first-order valence-electron chi connectivity index (χ1n) is 6.63. The van der Waals surface area contributed by atoms with Gasteiger partial charge in [-0.2, -0.15) is 0 Å². The van der Waals surface area contributed by atoms with Gasteiger partial charge in [0.2, 0.25) is 0 Å². The van der Waals surface area contributed by atoms with Gasteiger partial charge in [0.25, 0.3) is 0 Å². The average Bonchev–Trinajstić information content (AvgIpc) is 2.34. The van der Waals surface area contributed by atoms with Crippen LogP contribution in [0.15, 0.2) is 24.3 Å². The molecular weight excluding hydrogens is 296 g/mol. The van der Waals surface area contributed by atoms with E-state index in [1.807, 2.05) is 12.1 Å². The van der Waals surface area contributed by atoms with Gasteiger partial charge in [0.05, 0.1) is 0 Å². The van der Waals surface area contributed by atoms with Gasteiger partial charge in [-0.05, 0) is 24.1 Å². The third kappa shape index (κ3) is 6.47. The maximum absolute atomic E-state index is 5.88. The highest BCUT2D eigenvalue weighted by molar-refractivity contribution is 9.09. The van der Waals surface area contributed by atoms with E-state index in [4.69, 9.17) is 11.6 Å². The summed E-state index contributed by atoms with van der Waals surface area (Å²) in [6.07, 6.45) is 9.37. The molecule has 1 aromatic carbocycles. The van der Waals surface area contributed by atoms with Gasteiger partial charge >= 0.3 is 0 Å². The zero-order valence-electron chi connectivity index (χ0n) is 10.6. The average molecular weight is 318 g/mol. The van der Waals surface area contributed by atoms with Crippen LogP contribution in [0, 0.1) is 0 Å². The molecule has 2 heteroatoms. The van der Waals surface area contributed by atoms with E-state index in [2.05, 4.69) is 35.0 Å². The fraction of sp³-hybridized carbons (Fsp3) is 0.600. The van der Waals surface area contributed by atoms with E-state index in [-0.39, 0.29) is 0 Å². The van der Waals surface area contributed by atoms with Crippen molar-refractivity contribution in [3.8, 4) is 0 Å². The first kappa shape index (κ1) is 15.0. The van der Waals surface area contributed by atoms with Crippen molar-refractivity contribution in [2.45, 2.75) is 56.7 Å². The first-order valence-corrected chi connectivity index (χ1v) is 7.93. The number of hydrogen-bond donors (Lipinski definition) is 0. The molecule has 1 aromatic rings. The summed E-state index contributed by atoms with van der Waals surface area (Å²) in [5.74, 6) is 0. The van der Waals surface area contributed by atoms with Gasteiger partial charge in [-0.1, -0.05) is 85.1 Å². The van der Waals surface area contributed by atoms with Crippen LogP contribution in [-0.2, 0) is 0 Å². The topological polar surface area (TPSA) is 0 Å². The summed E-state index contributed by atoms with van der Waals surface area (Å²) in [5.41, 5.74) is 1.34. The minimum absolute atomic E-state index is 0.478. The van der Waals surface area contributed by atoms with E-state index in [1.165, 1.54) is 50.5 Å². The standard InChI is InChI=1S/C15H22BrCl/c1-2-3-4-5-6-7-8-15(16)13-9-11-14(17)12-10-13/h9-12,15H,2-8H2,1H3. The van der Waals surface area contributed by atoms with Crippen molar-refractivity contribution in [3.63, 3.8) is 0 Å². The highest BCUT2D eigenvalue weighted by atomic mass is 79.9. The van der Waals surface area contributed by atoms with Crippen LogP contribution in [0.4, 0.5) is 0 Å². The van der Waals surface area contributed by atoms with Gasteiger partial charge < -0.3 is 0 Å². The predicted molar refractivity (Wildman–Crippen MR) is 81.1 cm³/mol. The van der Waals surface area contributed by atoms with Crippen LogP contribution in [-0.4, -0.2) is 0 Å². The van der Waals surface area contributed by atoms with E-state index in [0.717, 1.165) is 5.02 Å². The zero-order chi connectivity index (χ0) is 12.5. The summed E-state index contributed by atoms with van der Waals surface area (Å²) in [5, 5.41) is 0.813. The second kappa shape index (κ2) is 8.99. The van der Waals surface area contributed by atoms with Crippen LogP contribution >= 0.6 is 27.5 Å². The molecule has 0 fully saturated rings. The molecule has 1 rings (SSSR count). The van der Waals surface area contributed by atoms with E-state index >= 15 is 0 Å². The second-order valence-corrected chi connectivity index (χ2v) is 6.12. The lowest BCUT2D eigenvalue weighted by Crippen LogP contribution is -1.90. The maximum atomic E-state index is 5.88. The van der Waals surface area contributed by atoms with E-state index in [9.17, 15) is 0 Å². The lowest BCUT2D eigenvalue weighted by Gasteiger charge is -2.10. The predicted octanol–water partition coefficient (Wildman–Crippen LogP) is 6.53. The molecule has 0 N–H and O–H groups in total. The molecule has 17 heavy (non-hydrogen) atoms. The fourth-order valence-electron chi connectivity index (χ4n) is 1.94. The van der Waals surface area contributed by atoms with Crippen molar-refractivity contribution in [2.75, 3.05) is 0 Å². The Hall–Kier alpha value is -0.0100. The Kier molecular flexibility index (Phi) is 7.96. The zero-order valence-corrected chi connectivity index (χ0v) is 12.9. The number of rotatable bonds is 8. The molecule has 0 radical (unpaired) electrons. The summed E-state index contributed by atoms with van der Waals surface area (Å²) >= 11 is 9.63. The second-order valence-electron chi connectivity index (χ2n) is 4.58. The summed E-state index contributed by atoms with van der Waals surface area (Å²) in [7, 11) is 0. The molecule has 0 saturated heterocycles. The number of benzene rings is 1. The molecule has 0 aromatic heterocycles. The Bertz CT molecular complexity index is 294. The van der Waals surface area contributed by atoms with E-state index in [0.29, 0.717) is 4.83 Å². The minimum Gasteiger partial charge on any atom is -0.0843 e. The summed E-state index contributed by atoms with van der Waals surface area (Å²) in [6, 6.07) is 8.15. The molecule has 0 spiro atoms. The summed E-state index contributed by atoms with van der Waals surface area (Å²) < 4.78 is 0. The van der Waals surface area contributed by atoms with E-state index < -0.39 is 0 Å². The number of halogens is 2. The van der Waals surface area contributed by atoms with Gasteiger partial charge in [0.1, 0.15) is 0 Å². The third-order valence-corrected chi connectivity index (χ3v) is 4.28. The van der Waals surface area contributed by atoms with Crippen LogP contribution in [0.1, 0.15) is 62.3 Å². The molecule has 0 saturated carbocycles. The Labute approximate surface area is 119 Å². The van der Waals surface area contributed by atoms with Crippen LogP contribution in [0.25, 0.3) is 0 Å². The number of unbranched alkanes of at least 4 members (excludes halogenated alkanes) is 5. The van der Waals surface area contributed by atoms with Crippen LogP contribution in [0.3, 0.4) is 0 Å². The van der Waals surface area contributed by atoms with E-state index in [1.54, 1.807) is 0 Å². The SMILES string of the molecule is CCCCCCCCC(Br)c1ccc(Cl)cc1. The van der Waals surface area contributed by atoms with Crippen molar-refractivity contribution in [2.24, 2.45) is 0 Å². The van der Waals surface area contributed by atoms with Gasteiger partial charge in [-0.15, -0.1) is 0 Å². The largest absolute Gasteiger partial charge is 0.0843 e. The summed E-state index contributed by atoms with van der Waals surface area (Å²) in [4.78, 5) is 0.478. The molecular formula is C15H22BrCl. The van der Waals surface area contributed by atoms with Gasteiger partial charge in [0, 0.05) is 9.85 Å². The van der Waals surface area contributed by atoms with Gasteiger partial charge in [0.15, 0.2) is 0 Å². The molecule has 0 heterocycles. The maximum Gasteiger partial charge on any atom is 0.0406 e. The normalized spacial score (nSPS) is 12.6. The highest BCUT2D eigenvalue weighted by Crippen LogP contribution is 2.29. The van der Waals surface area contributed by atoms with Gasteiger partial charge in [-0.3, -0.25) is 0 Å². The Balaban J connectivity index is 2.16. The third-order valence-electron chi connectivity index (χ3n) is 3.04. The summed E-state index contributed by atoms with van der Waals surface area (Å²) in [6.45, 7) is 2.26. The number of hydrogen-bond acceptors (Lipinski definition) is 0. The lowest BCUT2D eigenvalue weighted by atomic mass is 10.0.